The molecule has 13 heteroatoms. The number of rotatable bonds is 8. The lowest BCUT2D eigenvalue weighted by Gasteiger charge is -2.34. The molecule has 0 aliphatic carbocycles. The monoisotopic (exact) mass is 556 g/mol. The summed E-state index contributed by atoms with van der Waals surface area (Å²) >= 11 is 0. The van der Waals surface area contributed by atoms with Crippen LogP contribution >= 0.6 is 0 Å². The number of nitrogens with one attached hydrogen (secondary N) is 1. The van der Waals surface area contributed by atoms with Gasteiger partial charge in [0.2, 0.25) is 11.8 Å². The summed E-state index contributed by atoms with van der Waals surface area (Å²) in [5, 5.41) is 12.4. The first-order valence-corrected chi connectivity index (χ1v) is 12.6. The maximum Gasteiger partial charge on any atom is 0.413 e. The Morgan fingerprint density at radius 1 is 1.12 bits per heavy atom. The van der Waals surface area contributed by atoms with E-state index < -0.39 is 48.0 Å². The minimum Gasteiger partial charge on any atom is -0.456 e. The maximum atomic E-state index is 12.9. The Kier molecular flexibility index (Phi) is 8.26. The summed E-state index contributed by atoms with van der Waals surface area (Å²) in [5.74, 6) is -1.46. The molecule has 2 amide bonds. The molecule has 1 aromatic carbocycles. The zero-order valence-electron chi connectivity index (χ0n) is 22.9. The Morgan fingerprint density at radius 2 is 1.82 bits per heavy atom. The van der Waals surface area contributed by atoms with Gasteiger partial charge >= 0.3 is 12.1 Å². The minimum atomic E-state index is -1.09. The van der Waals surface area contributed by atoms with Crippen LogP contribution < -0.4 is 5.32 Å². The van der Waals surface area contributed by atoms with Gasteiger partial charge in [0, 0.05) is 0 Å². The van der Waals surface area contributed by atoms with Crippen molar-refractivity contribution in [3.8, 4) is 0 Å². The van der Waals surface area contributed by atoms with Gasteiger partial charge in [0.15, 0.2) is 11.4 Å². The zero-order chi connectivity index (χ0) is 29.1. The first-order valence-electron chi connectivity index (χ1n) is 12.6. The molecule has 4 rings (SSSR count). The highest BCUT2D eigenvalue weighted by Gasteiger charge is 2.48. The summed E-state index contributed by atoms with van der Waals surface area (Å²) in [6, 6.07) is 7.28. The van der Waals surface area contributed by atoms with E-state index in [1.807, 2.05) is 30.3 Å². The largest absolute Gasteiger partial charge is 0.456 e. The molecule has 214 valence electrons. The topological polar surface area (TPSA) is 166 Å². The number of amides is 2. The Bertz CT molecular complexity index is 1340. The molecule has 1 saturated heterocycles. The molecule has 2 atom stereocenters. The van der Waals surface area contributed by atoms with Crippen LogP contribution in [0.1, 0.15) is 85.0 Å². The lowest BCUT2D eigenvalue weighted by molar-refractivity contribution is -0.0634. The van der Waals surface area contributed by atoms with Crippen LogP contribution in [0.25, 0.3) is 0 Å². The number of carbonyl (C=O) groups is 3. The molecule has 1 fully saturated rings. The number of nitrogens with zero attached hydrogens (tertiary/aromatic N) is 3. The van der Waals surface area contributed by atoms with Crippen molar-refractivity contribution in [2.24, 2.45) is 0 Å². The number of benzene rings is 1. The van der Waals surface area contributed by atoms with Crippen LogP contribution in [-0.2, 0) is 20.8 Å². The van der Waals surface area contributed by atoms with Gasteiger partial charge in [-0.1, -0.05) is 30.3 Å². The van der Waals surface area contributed by atoms with Crippen molar-refractivity contribution in [3.63, 3.8) is 0 Å². The number of aromatic nitrogens is 2. The molecule has 40 heavy (non-hydrogen) atoms. The summed E-state index contributed by atoms with van der Waals surface area (Å²) in [7, 11) is 0. The van der Waals surface area contributed by atoms with Gasteiger partial charge in [-0.25, -0.2) is 19.6 Å². The fraction of sp³-hybridized carbons (Fsp3) is 0.444. The lowest BCUT2D eigenvalue weighted by Crippen LogP contribution is -2.47. The highest BCUT2D eigenvalue weighted by Crippen LogP contribution is 2.37. The normalized spacial score (nSPS) is 17.4. The van der Waals surface area contributed by atoms with E-state index in [9.17, 15) is 19.5 Å². The summed E-state index contributed by atoms with van der Waals surface area (Å²) in [4.78, 5) is 47.8. The predicted octanol–water partition coefficient (Wildman–Crippen LogP) is 3.53. The van der Waals surface area contributed by atoms with E-state index in [0.717, 1.165) is 18.1 Å². The van der Waals surface area contributed by atoms with Crippen LogP contribution in [0, 0.1) is 0 Å². The van der Waals surface area contributed by atoms with Gasteiger partial charge in [-0.2, -0.15) is 0 Å². The van der Waals surface area contributed by atoms with Crippen molar-refractivity contribution in [1.29, 1.82) is 0 Å². The van der Waals surface area contributed by atoms with Crippen LogP contribution in [0.3, 0.4) is 0 Å². The molecule has 1 aliphatic rings. The molecular formula is C27H32N4O9. The molecule has 0 unspecified atom stereocenters. The number of hydrogen-bond acceptors (Lipinski definition) is 11. The molecule has 13 nitrogen and oxygen atoms in total. The van der Waals surface area contributed by atoms with Crippen molar-refractivity contribution in [2.45, 2.75) is 64.6 Å². The van der Waals surface area contributed by atoms with E-state index in [0.29, 0.717) is 0 Å². The number of ether oxygens (including phenoxy) is 3. The predicted molar refractivity (Wildman–Crippen MR) is 137 cm³/mol. The third-order valence-electron chi connectivity index (χ3n) is 5.85. The minimum absolute atomic E-state index is 0.0467. The van der Waals surface area contributed by atoms with Crippen LogP contribution in [0.15, 0.2) is 51.7 Å². The van der Waals surface area contributed by atoms with Gasteiger partial charge in [-0.3, -0.25) is 9.69 Å². The molecule has 0 spiro atoms. The van der Waals surface area contributed by atoms with Crippen molar-refractivity contribution in [2.75, 3.05) is 13.2 Å². The van der Waals surface area contributed by atoms with Gasteiger partial charge in [0.1, 0.15) is 42.5 Å². The molecule has 1 aliphatic heterocycles. The summed E-state index contributed by atoms with van der Waals surface area (Å²) < 4.78 is 27.3. The van der Waals surface area contributed by atoms with Crippen molar-refractivity contribution in [3.05, 3.63) is 71.6 Å². The Balaban J connectivity index is 1.41. The highest BCUT2D eigenvalue weighted by molar-refractivity contribution is 5.92. The van der Waals surface area contributed by atoms with E-state index in [2.05, 4.69) is 15.3 Å². The quantitative estimate of drug-likeness (QED) is 0.390. The van der Waals surface area contributed by atoms with Crippen LogP contribution in [-0.4, -0.2) is 62.5 Å². The standard InChI is InChI=1S/C27H32N4O9/c1-26(2,3)40-25(35)31-20(15-39-27(31,4)5)23-29-18(13-37-23)21(33)28-17(11-32)22-30-19(14-36-22)24(34)38-12-16-9-7-6-8-10-16/h6-10,13-14,17,20,32H,11-12,15H2,1-5H3,(H,28,33)/t17-,20-/m0/s1. The Morgan fingerprint density at radius 3 is 2.50 bits per heavy atom. The van der Waals surface area contributed by atoms with Crippen LogP contribution in [0.2, 0.25) is 0 Å². The Labute approximate surface area is 230 Å². The smallest absolute Gasteiger partial charge is 0.413 e. The Hall–Kier alpha value is -4.23. The van der Waals surface area contributed by atoms with E-state index >= 15 is 0 Å². The number of esters is 1. The third kappa shape index (κ3) is 6.66. The lowest BCUT2D eigenvalue weighted by atomic mass is 10.2. The van der Waals surface area contributed by atoms with Crippen molar-refractivity contribution >= 4 is 18.0 Å². The second-order valence-corrected chi connectivity index (χ2v) is 10.5. The maximum absolute atomic E-state index is 12.9. The first-order chi connectivity index (χ1) is 18.9. The SMILES string of the molecule is CC(C)(C)OC(=O)N1[C@H](c2nc(C(=O)N[C@@H](CO)c3nc(C(=O)OCc4ccccc4)co3)co2)COC1(C)C. The van der Waals surface area contributed by atoms with Gasteiger partial charge in [0.05, 0.1) is 13.2 Å². The number of carbonyl (C=O) groups excluding carboxylic acids is 3. The third-order valence-corrected chi connectivity index (χ3v) is 5.85. The number of aliphatic hydroxyl groups is 1. The number of oxazole rings is 2. The molecule has 3 aromatic rings. The van der Waals surface area contributed by atoms with E-state index in [1.165, 1.54) is 4.90 Å². The molecular weight excluding hydrogens is 524 g/mol. The molecule has 0 bridgehead atoms. The van der Waals surface area contributed by atoms with Crippen LogP contribution in [0.4, 0.5) is 4.79 Å². The average molecular weight is 557 g/mol. The summed E-state index contributed by atoms with van der Waals surface area (Å²) in [6.07, 6.45) is 1.59. The van der Waals surface area contributed by atoms with Gasteiger partial charge in [-0.05, 0) is 40.2 Å². The fourth-order valence-corrected chi connectivity index (χ4v) is 3.94. The second kappa shape index (κ2) is 11.5. The second-order valence-electron chi connectivity index (χ2n) is 10.5. The van der Waals surface area contributed by atoms with Gasteiger partial charge < -0.3 is 33.5 Å². The average Bonchev–Trinajstić information content (AvgIpc) is 3.64. The van der Waals surface area contributed by atoms with Gasteiger partial charge in [-0.15, -0.1) is 0 Å². The van der Waals surface area contributed by atoms with E-state index in [4.69, 9.17) is 23.0 Å². The van der Waals surface area contributed by atoms with Crippen molar-refractivity contribution < 1.29 is 42.5 Å². The molecule has 0 saturated carbocycles. The number of aliphatic hydroxyl groups excluding tert-OH is 1. The first kappa shape index (κ1) is 28.8. The zero-order valence-corrected chi connectivity index (χ0v) is 22.9. The molecule has 2 aromatic heterocycles. The van der Waals surface area contributed by atoms with Gasteiger partial charge in [0.25, 0.3) is 5.91 Å². The molecule has 0 radical (unpaired) electrons. The number of hydrogen-bond donors (Lipinski definition) is 2. The summed E-state index contributed by atoms with van der Waals surface area (Å²) in [5.41, 5.74) is -1.17. The summed E-state index contributed by atoms with van der Waals surface area (Å²) in [6.45, 7) is 8.21. The highest BCUT2D eigenvalue weighted by atomic mass is 16.6. The molecule has 2 N–H and O–H groups in total. The fourth-order valence-electron chi connectivity index (χ4n) is 3.94. The molecule has 3 heterocycles. The van der Waals surface area contributed by atoms with E-state index in [-0.39, 0.29) is 36.4 Å². The van der Waals surface area contributed by atoms with Crippen LogP contribution in [0.5, 0.6) is 0 Å². The van der Waals surface area contributed by atoms with E-state index in [1.54, 1.807) is 34.6 Å². The van der Waals surface area contributed by atoms with Crippen molar-refractivity contribution in [1.82, 2.24) is 20.2 Å².